The van der Waals surface area contributed by atoms with Crippen LogP contribution in [0.5, 0.6) is 0 Å². The Hall–Kier alpha value is -2.06. The summed E-state index contributed by atoms with van der Waals surface area (Å²) < 4.78 is 5.55. The zero-order chi connectivity index (χ0) is 17.4. The lowest BCUT2D eigenvalue weighted by atomic mass is 10.0. The number of aromatic nitrogens is 3. The molecule has 8 heteroatoms. The molecule has 1 unspecified atom stereocenters. The summed E-state index contributed by atoms with van der Waals surface area (Å²) in [6.07, 6.45) is 3.01. The van der Waals surface area contributed by atoms with Crippen LogP contribution in [0.15, 0.2) is 4.99 Å². The number of amidine groups is 1. The van der Waals surface area contributed by atoms with Crippen molar-refractivity contribution in [2.75, 3.05) is 19.8 Å². The van der Waals surface area contributed by atoms with Gasteiger partial charge in [0.2, 0.25) is 0 Å². The number of thiazole rings is 1. The number of H-pyrrole nitrogens is 1. The van der Waals surface area contributed by atoms with Gasteiger partial charge in [-0.3, -0.25) is 5.41 Å². The maximum absolute atomic E-state index is 7.53. The monoisotopic (exact) mass is 358 g/mol. The third kappa shape index (κ3) is 3.11. The SMILES string of the molecule is Cc1nc(C2CCOC2)c(/C(=N\C=N)N2CCc3nc(C)sc3C2)[nH]1. The zero-order valence-corrected chi connectivity index (χ0v) is 15.3. The van der Waals surface area contributed by atoms with Crippen LogP contribution in [0.2, 0.25) is 0 Å². The topological polar surface area (TPSA) is 90.2 Å². The molecule has 0 saturated carbocycles. The van der Waals surface area contributed by atoms with Crippen LogP contribution in [0, 0.1) is 19.3 Å². The molecule has 2 aromatic rings. The summed E-state index contributed by atoms with van der Waals surface area (Å²) in [5.41, 5.74) is 3.15. The van der Waals surface area contributed by atoms with Crippen molar-refractivity contribution in [1.29, 1.82) is 5.41 Å². The Labute approximate surface area is 150 Å². The fourth-order valence-corrected chi connectivity index (χ4v) is 4.59. The van der Waals surface area contributed by atoms with Crippen molar-refractivity contribution in [3.8, 4) is 0 Å². The molecule has 2 N–H and O–H groups in total. The maximum Gasteiger partial charge on any atom is 0.156 e. The number of nitrogens with zero attached hydrogens (tertiary/aromatic N) is 4. The number of aromatic amines is 1. The number of fused-ring (bicyclic) bond motifs is 1. The molecule has 1 fully saturated rings. The molecular weight excluding hydrogens is 336 g/mol. The molecule has 0 aliphatic carbocycles. The Morgan fingerprint density at radius 2 is 2.32 bits per heavy atom. The van der Waals surface area contributed by atoms with E-state index in [1.165, 1.54) is 10.6 Å². The van der Waals surface area contributed by atoms with Gasteiger partial charge < -0.3 is 14.6 Å². The number of hydrogen-bond donors (Lipinski definition) is 2. The quantitative estimate of drug-likeness (QED) is 0.651. The largest absolute Gasteiger partial charge is 0.381 e. The lowest BCUT2D eigenvalue weighted by Crippen LogP contribution is -2.37. The van der Waals surface area contributed by atoms with E-state index in [9.17, 15) is 0 Å². The van der Waals surface area contributed by atoms with Crippen LogP contribution in [0.4, 0.5) is 0 Å². The first-order valence-electron chi connectivity index (χ1n) is 8.57. The Bertz CT molecular complexity index is 817. The molecule has 2 aliphatic rings. The van der Waals surface area contributed by atoms with Crippen molar-refractivity contribution >= 4 is 23.5 Å². The molecule has 7 nitrogen and oxygen atoms in total. The zero-order valence-electron chi connectivity index (χ0n) is 14.5. The number of hydrogen-bond acceptors (Lipinski definition) is 5. The highest BCUT2D eigenvalue weighted by Gasteiger charge is 2.30. The Morgan fingerprint density at radius 3 is 3.08 bits per heavy atom. The van der Waals surface area contributed by atoms with E-state index in [2.05, 4.69) is 26.8 Å². The third-order valence-electron chi connectivity index (χ3n) is 4.71. The van der Waals surface area contributed by atoms with Gasteiger partial charge in [0.25, 0.3) is 0 Å². The Kier molecular flexibility index (Phi) is 4.39. The normalized spacial score (nSPS) is 20.8. The molecule has 25 heavy (non-hydrogen) atoms. The Balaban J connectivity index is 1.69. The number of aryl methyl sites for hydroxylation is 2. The first kappa shape index (κ1) is 16.4. The van der Waals surface area contributed by atoms with E-state index < -0.39 is 0 Å². The first-order chi connectivity index (χ1) is 12.2. The van der Waals surface area contributed by atoms with Gasteiger partial charge in [-0.05, 0) is 20.3 Å². The van der Waals surface area contributed by atoms with Crippen LogP contribution in [0.1, 0.15) is 45.1 Å². The number of aliphatic imine (C=N–C) groups is 1. The van der Waals surface area contributed by atoms with E-state index in [0.717, 1.165) is 66.9 Å². The van der Waals surface area contributed by atoms with E-state index in [4.69, 9.17) is 15.1 Å². The van der Waals surface area contributed by atoms with Crippen molar-refractivity contribution < 1.29 is 4.74 Å². The highest BCUT2D eigenvalue weighted by Crippen LogP contribution is 2.30. The number of ether oxygens (including phenoxy) is 1. The van der Waals surface area contributed by atoms with Crippen molar-refractivity contribution in [2.24, 2.45) is 4.99 Å². The van der Waals surface area contributed by atoms with Gasteiger partial charge in [-0.1, -0.05) is 0 Å². The number of rotatable bonds is 3. The summed E-state index contributed by atoms with van der Waals surface area (Å²) in [4.78, 5) is 20.6. The first-order valence-corrected chi connectivity index (χ1v) is 9.39. The van der Waals surface area contributed by atoms with Crippen LogP contribution in [0.25, 0.3) is 0 Å². The molecule has 0 aromatic carbocycles. The molecule has 2 aliphatic heterocycles. The fourth-order valence-electron chi connectivity index (χ4n) is 3.60. The Morgan fingerprint density at radius 1 is 1.44 bits per heavy atom. The molecule has 1 saturated heterocycles. The van der Waals surface area contributed by atoms with Gasteiger partial charge in [0.05, 0.1) is 29.5 Å². The van der Waals surface area contributed by atoms with Gasteiger partial charge in [-0.2, -0.15) is 0 Å². The van der Waals surface area contributed by atoms with E-state index in [1.807, 2.05) is 6.92 Å². The number of imidazole rings is 1. The van der Waals surface area contributed by atoms with E-state index in [1.54, 1.807) is 11.3 Å². The predicted octanol–water partition coefficient (Wildman–Crippen LogP) is 2.40. The van der Waals surface area contributed by atoms with Crippen LogP contribution in [-0.2, 0) is 17.7 Å². The molecule has 0 spiro atoms. The molecule has 4 rings (SSSR count). The molecule has 2 aromatic heterocycles. The summed E-state index contributed by atoms with van der Waals surface area (Å²) in [6, 6.07) is 0. The minimum Gasteiger partial charge on any atom is -0.381 e. The van der Waals surface area contributed by atoms with E-state index in [-0.39, 0.29) is 0 Å². The summed E-state index contributed by atoms with van der Waals surface area (Å²) >= 11 is 1.75. The second kappa shape index (κ2) is 6.68. The summed E-state index contributed by atoms with van der Waals surface area (Å²) in [6.45, 7) is 7.13. The van der Waals surface area contributed by atoms with Gasteiger partial charge >= 0.3 is 0 Å². The van der Waals surface area contributed by atoms with Crippen molar-refractivity contribution in [2.45, 2.75) is 39.2 Å². The molecular formula is C17H22N6OS. The van der Waals surface area contributed by atoms with Crippen molar-refractivity contribution in [3.05, 3.63) is 32.8 Å². The highest BCUT2D eigenvalue weighted by molar-refractivity contribution is 7.11. The molecule has 132 valence electrons. The molecule has 1 atom stereocenters. The standard InChI is InChI=1S/C17H22N6OS/c1-10-20-15(12-4-6-24-8-12)16(21-10)17(19-9-18)23-5-3-13-14(7-23)25-11(2)22-13/h9,12,18H,3-8H2,1-2H3,(H,20,21)/b18-9?,19-17+. The fraction of sp³-hybridized carbons (Fsp3) is 0.529. The highest BCUT2D eigenvalue weighted by atomic mass is 32.1. The minimum absolute atomic E-state index is 0.293. The smallest absolute Gasteiger partial charge is 0.156 e. The summed E-state index contributed by atoms with van der Waals surface area (Å²) in [5, 5.41) is 8.64. The summed E-state index contributed by atoms with van der Waals surface area (Å²) in [5.74, 6) is 1.97. The van der Waals surface area contributed by atoms with Crippen molar-refractivity contribution in [3.63, 3.8) is 0 Å². The average molecular weight is 358 g/mol. The lowest BCUT2D eigenvalue weighted by molar-refractivity contribution is 0.193. The maximum atomic E-state index is 7.53. The molecule has 4 heterocycles. The van der Waals surface area contributed by atoms with Gasteiger partial charge in [-0.15, -0.1) is 11.3 Å². The van der Waals surface area contributed by atoms with Gasteiger partial charge in [-0.25, -0.2) is 15.0 Å². The molecule has 0 bridgehead atoms. The molecule has 0 radical (unpaired) electrons. The van der Waals surface area contributed by atoms with Gasteiger partial charge in [0, 0.05) is 30.4 Å². The third-order valence-corrected chi connectivity index (χ3v) is 5.71. The van der Waals surface area contributed by atoms with Crippen LogP contribution in [0.3, 0.4) is 0 Å². The second-order valence-corrected chi connectivity index (χ2v) is 7.79. The van der Waals surface area contributed by atoms with Crippen LogP contribution >= 0.6 is 11.3 Å². The van der Waals surface area contributed by atoms with E-state index in [0.29, 0.717) is 12.5 Å². The van der Waals surface area contributed by atoms with Crippen molar-refractivity contribution in [1.82, 2.24) is 19.9 Å². The van der Waals surface area contributed by atoms with Gasteiger partial charge in [0.1, 0.15) is 17.9 Å². The van der Waals surface area contributed by atoms with Gasteiger partial charge in [0.15, 0.2) is 5.84 Å². The average Bonchev–Trinajstić information content (AvgIpc) is 3.30. The predicted molar refractivity (Wildman–Crippen MR) is 97.8 cm³/mol. The minimum atomic E-state index is 0.293. The van der Waals surface area contributed by atoms with E-state index >= 15 is 0 Å². The lowest BCUT2D eigenvalue weighted by Gasteiger charge is -2.29. The molecule has 0 amide bonds. The second-order valence-electron chi connectivity index (χ2n) is 6.50. The summed E-state index contributed by atoms with van der Waals surface area (Å²) in [7, 11) is 0. The van der Waals surface area contributed by atoms with Crippen LogP contribution < -0.4 is 0 Å². The van der Waals surface area contributed by atoms with Crippen LogP contribution in [-0.4, -0.2) is 51.8 Å². The number of nitrogens with one attached hydrogen (secondary N) is 2.